The van der Waals surface area contributed by atoms with Crippen LogP contribution in [0.2, 0.25) is 0 Å². The number of fused-ring (bicyclic) bond motifs is 5. The van der Waals surface area contributed by atoms with Crippen molar-refractivity contribution in [3.8, 4) is 0 Å². The molecular formula is C20H36. The Morgan fingerprint density at radius 3 is 2.40 bits per heavy atom. The van der Waals surface area contributed by atoms with Gasteiger partial charge >= 0.3 is 0 Å². The molecule has 4 aliphatic rings. The third kappa shape index (κ3) is 2.26. The second kappa shape index (κ2) is 6.01. The summed E-state index contributed by atoms with van der Waals surface area (Å²) in [4.78, 5) is 0. The Morgan fingerprint density at radius 2 is 1.55 bits per heavy atom. The minimum atomic E-state index is 0.759. The lowest BCUT2D eigenvalue weighted by molar-refractivity contribution is -0.0834. The molecule has 0 heteroatoms. The van der Waals surface area contributed by atoms with Crippen LogP contribution in [0.5, 0.6) is 0 Å². The van der Waals surface area contributed by atoms with Crippen molar-refractivity contribution in [2.75, 3.05) is 0 Å². The lowest BCUT2D eigenvalue weighted by Gasteiger charge is -2.58. The molecule has 4 rings (SSSR count). The summed E-state index contributed by atoms with van der Waals surface area (Å²) in [6, 6.07) is 0. The lowest BCUT2D eigenvalue weighted by Crippen LogP contribution is -2.49. The van der Waals surface area contributed by atoms with Gasteiger partial charge < -0.3 is 0 Å². The minimum absolute atomic E-state index is 0.759. The van der Waals surface area contributed by atoms with Crippen molar-refractivity contribution in [1.29, 1.82) is 0 Å². The number of hydrogen-bond donors (Lipinski definition) is 0. The Labute approximate surface area is 127 Å². The highest BCUT2D eigenvalue weighted by atomic mass is 14.6. The van der Waals surface area contributed by atoms with Gasteiger partial charge in [0, 0.05) is 0 Å². The van der Waals surface area contributed by atoms with Crippen LogP contribution in [0.1, 0.15) is 91.4 Å². The van der Waals surface area contributed by atoms with Crippen LogP contribution < -0.4 is 0 Å². The normalized spacial score (nSPS) is 50.2. The Bertz CT molecular complexity index is 320. The molecule has 0 radical (unpaired) electrons. The van der Waals surface area contributed by atoms with Crippen LogP contribution >= 0.6 is 0 Å². The van der Waals surface area contributed by atoms with Gasteiger partial charge in [0.05, 0.1) is 0 Å². The maximum Gasteiger partial charge on any atom is -0.0266 e. The Morgan fingerprint density at radius 1 is 0.700 bits per heavy atom. The van der Waals surface area contributed by atoms with Gasteiger partial charge in [-0.05, 0) is 80.0 Å². The van der Waals surface area contributed by atoms with Gasteiger partial charge in [0.2, 0.25) is 0 Å². The van der Waals surface area contributed by atoms with Crippen molar-refractivity contribution in [2.45, 2.75) is 91.4 Å². The molecule has 4 fully saturated rings. The van der Waals surface area contributed by atoms with Crippen molar-refractivity contribution >= 4 is 0 Å². The van der Waals surface area contributed by atoms with E-state index in [4.69, 9.17) is 0 Å². The zero-order valence-electron chi connectivity index (χ0n) is 14.2. The Balaban J connectivity index is 0.000000581. The predicted octanol–water partition coefficient (Wildman–Crippen LogP) is 6.45. The summed E-state index contributed by atoms with van der Waals surface area (Å²) >= 11 is 0. The monoisotopic (exact) mass is 276 g/mol. The molecule has 4 saturated carbocycles. The predicted molar refractivity (Wildman–Crippen MR) is 87.7 cm³/mol. The fourth-order valence-electron chi connectivity index (χ4n) is 6.91. The standard InChI is InChI=1S/C18H30.C2H6/c1-18-12-3-2-6-14(18)9-10-16-15-7-4-5-13(15)8-11-17(16)18;1-2/h13-17H,2-12H2,1H3;1-2H3/t13?,14-,15-,16+,17+,18+;/m1./s1. The van der Waals surface area contributed by atoms with E-state index in [-0.39, 0.29) is 0 Å². The molecule has 0 saturated heterocycles. The average molecular weight is 277 g/mol. The minimum Gasteiger partial charge on any atom is -0.0683 e. The summed E-state index contributed by atoms with van der Waals surface area (Å²) in [7, 11) is 0. The molecule has 0 heterocycles. The van der Waals surface area contributed by atoms with Crippen molar-refractivity contribution < 1.29 is 0 Å². The van der Waals surface area contributed by atoms with E-state index < -0.39 is 0 Å². The summed E-state index contributed by atoms with van der Waals surface area (Å²) in [5.41, 5.74) is 0.759. The van der Waals surface area contributed by atoms with Crippen molar-refractivity contribution in [1.82, 2.24) is 0 Å². The Kier molecular flexibility index (Phi) is 4.48. The lowest BCUT2D eigenvalue weighted by atomic mass is 9.47. The van der Waals surface area contributed by atoms with E-state index in [2.05, 4.69) is 6.92 Å². The first-order valence-corrected chi connectivity index (χ1v) is 9.79. The first-order chi connectivity index (χ1) is 9.79. The smallest absolute Gasteiger partial charge is 0.0266 e. The molecule has 6 atom stereocenters. The topological polar surface area (TPSA) is 0 Å². The molecule has 0 aromatic rings. The van der Waals surface area contributed by atoms with Gasteiger partial charge in [0.15, 0.2) is 0 Å². The highest BCUT2D eigenvalue weighted by molar-refractivity contribution is 5.03. The quantitative estimate of drug-likeness (QED) is 0.477. The highest BCUT2D eigenvalue weighted by Gasteiger charge is 2.53. The molecule has 0 aromatic heterocycles. The molecule has 0 amide bonds. The summed E-state index contributed by atoms with van der Waals surface area (Å²) < 4.78 is 0. The number of hydrogen-bond acceptors (Lipinski definition) is 0. The molecule has 0 bridgehead atoms. The first-order valence-electron chi connectivity index (χ1n) is 9.79. The summed E-state index contributed by atoms with van der Waals surface area (Å²) in [5.74, 6) is 5.67. The maximum absolute atomic E-state index is 2.70. The molecule has 20 heavy (non-hydrogen) atoms. The first kappa shape index (κ1) is 14.9. The van der Waals surface area contributed by atoms with Gasteiger partial charge in [-0.3, -0.25) is 0 Å². The molecule has 4 aliphatic carbocycles. The van der Waals surface area contributed by atoms with Crippen LogP contribution in [0.4, 0.5) is 0 Å². The maximum atomic E-state index is 2.70. The zero-order valence-corrected chi connectivity index (χ0v) is 14.2. The molecule has 0 spiro atoms. The second-order valence-corrected chi connectivity index (χ2v) is 8.23. The van der Waals surface area contributed by atoms with Gasteiger partial charge in [0.1, 0.15) is 0 Å². The largest absolute Gasteiger partial charge is 0.0683 e. The average Bonchev–Trinajstić information content (AvgIpc) is 2.97. The SMILES string of the molecule is CC.C[C@]12CCCC[C@@H]1CC[C@H]1[C@@H]3CCCC3CC[C@@H]12. The number of rotatable bonds is 0. The van der Waals surface area contributed by atoms with Gasteiger partial charge in [-0.25, -0.2) is 0 Å². The third-order valence-electron chi connectivity index (χ3n) is 7.78. The van der Waals surface area contributed by atoms with E-state index in [1.165, 1.54) is 12.8 Å². The molecule has 0 aliphatic heterocycles. The third-order valence-corrected chi connectivity index (χ3v) is 7.78. The van der Waals surface area contributed by atoms with Crippen LogP contribution in [-0.4, -0.2) is 0 Å². The van der Waals surface area contributed by atoms with E-state index in [0.717, 1.165) is 35.0 Å². The second-order valence-electron chi connectivity index (χ2n) is 8.23. The highest BCUT2D eigenvalue weighted by Crippen LogP contribution is 2.62. The van der Waals surface area contributed by atoms with E-state index in [0.29, 0.717) is 0 Å². The van der Waals surface area contributed by atoms with E-state index in [1.807, 2.05) is 13.8 Å². The summed E-state index contributed by atoms with van der Waals surface area (Å²) in [6.07, 6.45) is 17.3. The van der Waals surface area contributed by atoms with Crippen molar-refractivity contribution in [3.63, 3.8) is 0 Å². The molecule has 0 aromatic carbocycles. The Hall–Kier alpha value is 0. The van der Waals surface area contributed by atoms with E-state index in [9.17, 15) is 0 Å². The van der Waals surface area contributed by atoms with Crippen LogP contribution in [0.3, 0.4) is 0 Å². The molecule has 116 valence electrons. The van der Waals surface area contributed by atoms with Gasteiger partial charge in [-0.2, -0.15) is 0 Å². The van der Waals surface area contributed by atoms with Gasteiger partial charge in [0.25, 0.3) is 0 Å². The van der Waals surface area contributed by atoms with E-state index >= 15 is 0 Å². The molecular weight excluding hydrogens is 240 g/mol. The summed E-state index contributed by atoms with van der Waals surface area (Å²) in [6.45, 7) is 6.70. The van der Waals surface area contributed by atoms with Crippen LogP contribution in [0, 0.1) is 35.0 Å². The van der Waals surface area contributed by atoms with Crippen molar-refractivity contribution in [3.05, 3.63) is 0 Å². The fourth-order valence-corrected chi connectivity index (χ4v) is 6.91. The zero-order chi connectivity index (χ0) is 14.2. The summed E-state index contributed by atoms with van der Waals surface area (Å²) in [5, 5.41) is 0. The molecule has 0 nitrogen and oxygen atoms in total. The fraction of sp³-hybridized carbons (Fsp3) is 1.00. The molecule has 0 N–H and O–H groups in total. The van der Waals surface area contributed by atoms with Crippen molar-refractivity contribution in [2.24, 2.45) is 35.0 Å². The van der Waals surface area contributed by atoms with Crippen LogP contribution in [0.15, 0.2) is 0 Å². The molecule has 1 unspecified atom stereocenters. The van der Waals surface area contributed by atoms with E-state index in [1.54, 1.807) is 57.8 Å². The van der Waals surface area contributed by atoms with Crippen LogP contribution in [-0.2, 0) is 0 Å². The van der Waals surface area contributed by atoms with Crippen LogP contribution in [0.25, 0.3) is 0 Å². The van der Waals surface area contributed by atoms with Gasteiger partial charge in [-0.1, -0.05) is 46.5 Å². The van der Waals surface area contributed by atoms with Gasteiger partial charge in [-0.15, -0.1) is 0 Å².